The summed E-state index contributed by atoms with van der Waals surface area (Å²) in [6.45, 7) is 16.4. The Hall–Kier alpha value is -0.0231. The van der Waals surface area contributed by atoms with E-state index in [1.807, 2.05) is 0 Å². The lowest BCUT2D eigenvalue weighted by atomic mass is 9.64. The van der Waals surface area contributed by atoms with E-state index in [0.717, 1.165) is 37.0 Å². The van der Waals surface area contributed by atoms with Gasteiger partial charge in [-0.3, -0.25) is 0 Å². The summed E-state index contributed by atoms with van der Waals surface area (Å²) in [5, 5.41) is 0. The van der Waals surface area contributed by atoms with Crippen LogP contribution in [0.2, 0.25) is 13.1 Å². The van der Waals surface area contributed by atoms with Crippen LogP contribution in [-0.2, 0) is 4.43 Å². The Morgan fingerprint density at radius 2 is 1.74 bits per heavy atom. The molecule has 1 unspecified atom stereocenters. The maximum absolute atomic E-state index is 6.48. The van der Waals surface area contributed by atoms with Crippen LogP contribution in [0.1, 0.15) is 105 Å². The molecule has 0 N–H and O–H groups in total. The van der Waals surface area contributed by atoms with E-state index >= 15 is 0 Å². The lowest BCUT2D eigenvalue weighted by Gasteiger charge is -2.40. The molecular weight excluding hydrogens is 475 g/mol. The van der Waals surface area contributed by atoms with Crippen LogP contribution in [0.25, 0.3) is 0 Å². The minimum Gasteiger partial charge on any atom is -0.411 e. The van der Waals surface area contributed by atoms with Gasteiger partial charge in [0.1, 0.15) is 4.46 Å². The topological polar surface area (TPSA) is 9.23 Å². The third-order valence-electron chi connectivity index (χ3n) is 9.19. The van der Waals surface area contributed by atoms with Crippen molar-refractivity contribution in [3.8, 4) is 0 Å². The average Bonchev–Trinajstić information content (AvgIpc) is 3.11. The molecular formula is C30H50Cl2OSi. The predicted octanol–water partition coefficient (Wildman–Crippen LogP) is 10.3. The third kappa shape index (κ3) is 6.84. The highest BCUT2D eigenvalue weighted by molar-refractivity contribution is 6.88. The average molecular weight is 526 g/mol. The second kappa shape index (κ2) is 12.0. The van der Waals surface area contributed by atoms with E-state index in [4.69, 9.17) is 27.6 Å². The molecule has 1 saturated carbocycles. The molecule has 34 heavy (non-hydrogen) atoms. The monoisotopic (exact) mass is 524 g/mol. The Balaban J connectivity index is 1.71. The highest BCUT2D eigenvalue weighted by Crippen LogP contribution is 2.58. The van der Waals surface area contributed by atoms with Gasteiger partial charge < -0.3 is 4.43 Å². The van der Waals surface area contributed by atoms with E-state index in [-0.39, 0.29) is 10.6 Å². The van der Waals surface area contributed by atoms with Crippen LogP contribution in [0.15, 0.2) is 34.4 Å². The van der Waals surface area contributed by atoms with Crippen molar-refractivity contribution < 1.29 is 4.43 Å². The summed E-state index contributed by atoms with van der Waals surface area (Å²) in [7, 11) is -2.06. The number of allylic oxidation sites excluding steroid dienone is 5. The van der Waals surface area contributed by atoms with Crippen LogP contribution in [0, 0.1) is 23.2 Å². The van der Waals surface area contributed by atoms with Crippen molar-refractivity contribution in [1.82, 2.24) is 0 Å². The lowest BCUT2D eigenvalue weighted by Crippen LogP contribution is -2.42. The van der Waals surface area contributed by atoms with Gasteiger partial charge >= 0.3 is 0 Å². The number of hydrogen-bond donors (Lipinski definition) is 0. The Morgan fingerprint density at radius 1 is 1.03 bits per heavy atom. The Kier molecular flexibility index (Phi) is 10.1. The van der Waals surface area contributed by atoms with E-state index in [1.165, 1.54) is 62.5 Å². The fourth-order valence-corrected chi connectivity index (χ4v) is 8.46. The Labute approximate surface area is 221 Å². The highest BCUT2D eigenvalue weighted by atomic mass is 35.5. The number of fused-ring (bicyclic) bond motifs is 1. The predicted molar refractivity (Wildman–Crippen MR) is 153 cm³/mol. The molecule has 3 aliphatic carbocycles. The zero-order valence-corrected chi connectivity index (χ0v) is 25.5. The van der Waals surface area contributed by atoms with Crippen LogP contribution in [0.5, 0.6) is 0 Å². The highest BCUT2D eigenvalue weighted by Gasteiger charge is 2.46. The van der Waals surface area contributed by atoms with Crippen molar-refractivity contribution in [2.45, 2.75) is 129 Å². The van der Waals surface area contributed by atoms with Crippen LogP contribution in [-0.4, -0.2) is 18.9 Å². The molecule has 4 atom stereocenters. The SMILES string of the molecule is CC1=C(/C=C/C2=C3CC[C@H]([C@H](C)CCCC(C)C)[C@@]3(C)CCC2)CC(O[Si](C)(C)C(Cl)Cl)CC1. The minimum atomic E-state index is -2.06. The van der Waals surface area contributed by atoms with Crippen molar-refractivity contribution in [2.24, 2.45) is 23.2 Å². The molecule has 194 valence electrons. The second-order valence-corrected chi connectivity index (χ2v) is 18.6. The third-order valence-corrected chi connectivity index (χ3v) is 14.3. The van der Waals surface area contributed by atoms with Crippen molar-refractivity contribution in [3.05, 3.63) is 34.4 Å². The first-order valence-electron chi connectivity index (χ1n) is 14.0. The van der Waals surface area contributed by atoms with Gasteiger partial charge in [0, 0.05) is 6.10 Å². The van der Waals surface area contributed by atoms with Crippen molar-refractivity contribution in [2.75, 3.05) is 0 Å². The van der Waals surface area contributed by atoms with Gasteiger partial charge in [0.25, 0.3) is 0 Å². The van der Waals surface area contributed by atoms with Gasteiger partial charge in [-0.2, -0.15) is 0 Å². The molecule has 3 aliphatic rings. The molecule has 0 aromatic carbocycles. The summed E-state index contributed by atoms with van der Waals surface area (Å²) >= 11 is 12.5. The van der Waals surface area contributed by atoms with E-state index in [9.17, 15) is 0 Å². The molecule has 0 heterocycles. The van der Waals surface area contributed by atoms with Crippen molar-refractivity contribution >= 4 is 31.5 Å². The summed E-state index contributed by atoms with van der Waals surface area (Å²) < 4.78 is 6.10. The summed E-state index contributed by atoms with van der Waals surface area (Å²) in [5.41, 5.74) is 6.85. The van der Waals surface area contributed by atoms with Gasteiger partial charge in [0.2, 0.25) is 8.32 Å². The Morgan fingerprint density at radius 3 is 2.41 bits per heavy atom. The molecule has 1 nitrogen and oxygen atoms in total. The normalized spacial score (nSPS) is 29.6. The van der Waals surface area contributed by atoms with Gasteiger partial charge in [-0.1, -0.05) is 70.3 Å². The molecule has 4 heteroatoms. The lowest BCUT2D eigenvalue weighted by molar-refractivity contribution is 0.164. The van der Waals surface area contributed by atoms with Gasteiger partial charge in [0.05, 0.1) is 0 Å². The van der Waals surface area contributed by atoms with E-state index in [1.54, 1.807) is 11.1 Å². The van der Waals surface area contributed by atoms with Gasteiger partial charge in [-0.05, 0) is 106 Å². The van der Waals surface area contributed by atoms with Crippen LogP contribution in [0.4, 0.5) is 0 Å². The van der Waals surface area contributed by atoms with Crippen LogP contribution in [0.3, 0.4) is 0 Å². The molecule has 0 aromatic rings. The maximum Gasteiger partial charge on any atom is 0.220 e. The number of halogens is 2. The second-order valence-electron chi connectivity index (χ2n) is 12.7. The van der Waals surface area contributed by atoms with Gasteiger partial charge in [-0.25, -0.2) is 0 Å². The number of rotatable bonds is 10. The Bertz CT molecular complexity index is 794. The first-order chi connectivity index (χ1) is 15.9. The number of hydrogen-bond acceptors (Lipinski definition) is 1. The summed E-state index contributed by atoms with van der Waals surface area (Å²) in [6, 6.07) is 0. The van der Waals surface area contributed by atoms with Gasteiger partial charge in [-0.15, -0.1) is 23.2 Å². The van der Waals surface area contributed by atoms with E-state index < -0.39 is 8.32 Å². The smallest absolute Gasteiger partial charge is 0.220 e. The zero-order valence-electron chi connectivity index (χ0n) is 23.0. The van der Waals surface area contributed by atoms with E-state index in [0.29, 0.717) is 5.41 Å². The number of alkyl halides is 2. The maximum atomic E-state index is 6.48. The van der Waals surface area contributed by atoms with Crippen LogP contribution < -0.4 is 0 Å². The standard InChI is InChI=1S/C30H50Cl2OSi/c1-21(2)10-8-11-23(4)27-17-18-28-24(12-9-19-30(27,28)5)14-15-25-20-26(16-13-22(25)3)33-34(6,7)29(31)32/h14-15,21,23,26-27,29H,8-13,16-20H2,1-7H3/b15-14+/t23-,26?,27-,30-/m1/s1. The van der Waals surface area contributed by atoms with Crippen molar-refractivity contribution in [1.29, 1.82) is 0 Å². The minimum absolute atomic E-state index is 0.252. The molecule has 0 radical (unpaired) electrons. The van der Waals surface area contributed by atoms with E-state index in [2.05, 4.69) is 59.9 Å². The van der Waals surface area contributed by atoms with Crippen molar-refractivity contribution in [3.63, 3.8) is 0 Å². The first-order valence-corrected chi connectivity index (χ1v) is 17.8. The summed E-state index contributed by atoms with van der Waals surface area (Å²) in [5.74, 6) is 2.53. The molecule has 3 rings (SSSR count). The zero-order chi connectivity index (χ0) is 25.1. The molecule has 0 spiro atoms. The van der Waals surface area contributed by atoms with Crippen LogP contribution >= 0.6 is 23.2 Å². The van der Waals surface area contributed by atoms with Gasteiger partial charge in [0.15, 0.2) is 0 Å². The molecule has 1 fully saturated rings. The summed E-state index contributed by atoms with van der Waals surface area (Å²) in [6.07, 6.45) is 19.2. The fourth-order valence-electron chi connectivity index (χ4n) is 6.99. The quantitative estimate of drug-likeness (QED) is 0.204. The molecule has 0 aliphatic heterocycles. The first kappa shape index (κ1) is 28.5. The molecule has 0 bridgehead atoms. The largest absolute Gasteiger partial charge is 0.411 e. The molecule has 0 aromatic heterocycles. The molecule has 0 saturated heterocycles. The summed E-state index contributed by atoms with van der Waals surface area (Å²) in [4.78, 5) is 0. The molecule has 0 amide bonds. The fraction of sp³-hybridized carbons (Fsp3) is 0.800.